The van der Waals surface area contributed by atoms with Crippen molar-refractivity contribution in [1.82, 2.24) is 10.6 Å². The summed E-state index contributed by atoms with van der Waals surface area (Å²) in [5.74, 6) is -0.0371. The van der Waals surface area contributed by atoms with Crippen LogP contribution >= 0.6 is 15.9 Å². The third-order valence-corrected chi connectivity index (χ3v) is 3.26. The molecule has 0 aliphatic heterocycles. The van der Waals surface area contributed by atoms with Crippen molar-refractivity contribution in [1.29, 1.82) is 0 Å². The van der Waals surface area contributed by atoms with Gasteiger partial charge in [-0.25, -0.2) is 0 Å². The van der Waals surface area contributed by atoms with Crippen molar-refractivity contribution in [2.45, 2.75) is 6.92 Å². The predicted molar refractivity (Wildman–Crippen MR) is 76.2 cm³/mol. The Kier molecular flexibility index (Phi) is 5.91. The van der Waals surface area contributed by atoms with Gasteiger partial charge in [0.05, 0.1) is 10.5 Å². The standard InChI is InChI=1S/C12H16BrN3O3/c1-8(6-14-2)7-15-12(17)10-5-9(16(18)19)3-4-11(10)13/h3-5,8,14H,6-7H2,1-2H3,(H,15,17). The fraction of sp³-hybridized carbons (Fsp3) is 0.417. The van der Waals surface area contributed by atoms with Crippen LogP contribution in [0.3, 0.4) is 0 Å². The van der Waals surface area contributed by atoms with E-state index >= 15 is 0 Å². The zero-order valence-electron chi connectivity index (χ0n) is 10.8. The van der Waals surface area contributed by atoms with Crippen LogP contribution in [0.25, 0.3) is 0 Å². The Morgan fingerprint density at radius 1 is 1.47 bits per heavy atom. The van der Waals surface area contributed by atoms with E-state index < -0.39 is 4.92 Å². The van der Waals surface area contributed by atoms with Crippen LogP contribution in [0.15, 0.2) is 22.7 Å². The molecule has 0 aromatic heterocycles. The molecule has 0 aliphatic carbocycles. The zero-order valence-corrected chi connectivity index (χ0v) is 12.4. The molecule has 0 bridgehead atoms. The maximum Gasteiger partial charge on any atom is 0.270 e. The summed E-state index contributed by atoms with van der Waals surface area (Å²) in [5, 5.41) is 16.5. The van der Waals surface area contributed by atoms with Gasteiger partial charge in [0.2, 0.25) is 0 Å². The smallest absolute Gasteiger partial charge is 0.270 e. The lowest BCUT2D eigenvalue weighted by molar-refractivity contribution is -0.384. The van der Waals surface area contributed by atoms with Crippen molar-refractivity contribution < 1.29 is 9.72 Å². The molecule has 0 heterocycles. The minimum Gasteiger partial charge on any atom is -0.352 e. The molecule has 0 aliphatic rings. The number of rotatable bonds is 6. The van der Waals surface area contributed by atoms with Gasteiger partial charge in [0.25, 0.3) is 11.6 Å². The molecule has 0 fully saturated rings. The van der Waals surface area contributed by atoms with Crippen molar-refractivity contribution in [2.75, 3.05) is 20.1 Å². The average molecular weight is 330 g/mol. The van der Waals surface area contributed by atoms with Crippen LogP contribution in [0.4, 0.5) is 5.69 Å². The van der Waals surface area contributed by atoms with Crippen LogP contribution in [0.2, 0.25) is 0 Å². The molecule has 7 heteroatoms. The molecule has 0 saturated heterocycles. The normalized spacial score (nSPS) is 11.9. The first-order valence-corrected chi connectivity index (χ1v) is 6.61. The van der Waals surface area contributed by atoms with Gasteiger partial charge in [-0.2, -0.15) is 0 Å². The number of benzene rings is 1. The van der Waals surface area contributed by atoms with Gasteiger partial charge < -0.3 is 10.6 Å². The van der Waals surface area contributed by atoms with Gasteiger partial charge in [-0.1, -0.05) is 6.92 Å². The van der Waals surface area contributed by atoms with E-state index in [1.54, 1.807) is 0 Å². The number of carbonyl (C=O) groups is 1. The highest BCUT2D eigenvalue weighted by atomic mass is 79.9. The lowest BCUT2D eigenvalue weighted by Crippen LogP contribution is -2.32. The molecule has 1 aromatic rings. The second kappa shape index (κ2) is 7.20. The Bertz CT molecular complexity index is 479. The van der Waals surface area contributed by atoms with Crippen molar-refractivity contribution in [3.8, 4) is 0 Å². The number of nitro groups is 1. The van der Waals surface area contributed by atoms with E-state index in [2.05, 4.69) is 26.6 Å². The third-order valence-electron chi connectivity index (χ3n) is 2.57. The number of nitrogens with zero attached hydrogens (tertiary/aromatic N) is 1. The number of halogens is 1. The molecular formula is C12H16BrN3O3. The topological polar surface area (TPSA) is 84.3 Å². The monoisotopic (exact) mass is 329 g/mol. The summed E-state index contributed by atoms with van der Waals surface area (Å²) in [6.07, 6.45) is 0. The maximum atomic E-state index is 12.0. The van der Waals surface area contributed by atoms with Gasteiger partial charge in [-0.3, -0.25) is 14.9 Å². The Labute approximate surface area is 119 Å². The summed E-state index contributed by atoms with van der Waals surface area (Å²) < 4.78 is 0.539. The van der Waals surface area contributed by atoms with E-state index in [0.29, 0.717) is 11.0 Å². The second-order valence-electron chi connectivity index (χ2n) is 4.29. The fourth-order valence-corrected chi connectivity index (χ4v) is 2.01. The van der Waals surface area contributed by atoms with E-state index in [-0.39, 0.29) is 23.1 Å². The number of hydrogen-bond donors (Lipinski definition) is 2. The maximum absolute atomic E-state index is 12.0. The summed E-state index contributed by atoms with van der Waals surface area (Å²) in [6, 6.07) is 4.12. The minimum atomic E-state index is -0.521. The Morgan fingerprint density at radius 2 is 2.16 bits per heavy atom. The lowest BCUT2D eigenvalue weighted by Gasteiger charge is -2.12. The molecule has 0 radical (unpaired) electrons. The number of amides is 1. The fourth-order valence-electron chi connectivity index (χ4n) is 1.58. The van der Waals surface area contributed by atoms with Crippen molar-refractivity contribution in [3.05, 3.63) is 38.3 Å². The van der Waals surface area contributed by atoms with Gasteiger partial charge in [-0.05, 0) is 41.5 Å². The van der Waals surface area contributed by atoms with Crippen molar-refractivity contribution >= 4 is 27.5 Å². The zero-order chi connectivity index (χ0) is 14.4. The van der Waals surface area contributed by atoms with E-state index in [0.717, 1.165) is 6.54 Å². The van der Waals surface area contributed by atoms with Gasteiger partial charge in [0.1, 0.15) is 0 Å². The predicted octanol–water partition coefficient (Wildman–Crippen LogP) is 1.94. The minimum absolute atomic E-state index is 0.100. The quantitative estimate of drug-likeness (QED) is 0.617. The van der Waals surface area contributed by atoms with E-state index in [1.807, 2.05) is 14.0 Å². The van der Waals surface area contributed by atoms with E-state index in [4.69, 9.17) is 0 Å². The summed E-state index contributed by atoms with van der Waals surface area (Å²) >= 11 is 3.22. The lowest BCUT2D eigenvalue weighted by atomic mass is 10.1. The van der Waals surface area contributed by atoms with Crippen LogP contribution < -0.4 is 10.6 Å². The second-order valence-corrected chi connectivity index (χ2v) is 5.15. The molecule has 1 unspecified atom stereocenters. The van der Waals surface area contributed by atoms with Gasteiger partial charge in [-0.15, -0.1) is 0 Å². The molecule has 1 amide bonds. The Hall–Kier alpha value is -1.47. The summed E-state index contributed by atoms with van der Waals surface area (Å²) in [7, 11) is 1.84. The molecule has 1 atom stereocenters. The highest BCUT2D eigenvalue weighted by Gasteiger charge is 2.15. The SMILES string of the molecule is CNCC(C)CNC(=O)c1cc([N+](=O)[O-])ccc1Br. The Morgan fingerprint density at radius 3 is 2.74 bits per heavy atom. The summed E-state index contributed by atoms with van der Waals surface area (Å²) in [4.78, 5) is 22.1. The van der Waals surface area contributed by atoms with Crippen LogP contribution in [-0.2, 0) is 0 Å². The third kappa shape index (κ3) is 4.60. The molecule has 0 spiro atoms. The van der Waals surface area contributed by atoms with E-state index in [1.165, 1.54) is 18.2 Å². The van der Waals surface area contributed by atoms with Crippen LogP contribution in [0.5, 0.6) is 0 Å². The first kappa shape index (κ1) is 15.6. The molecule has 19 heavy (non-hydrogen) atoms. The van der Waals surface area contributed by atoms with Gasteiger partial charge in [0.15, 0.2) is 0 Å². The highest BCUT2D eigenvalue weighted by Crippen LogP contribution is 2.22. The molecular weight excluding hydrogens is 314 g/mol. The summed E-state index contributed by atoms with van der Waals surface area (Å²) in [6.45, 7) is 3.30. The highest BCUT2D eigenvalue weighted by molar-refractivity contribution is 9.10. The molecule has 104 valence electrons. The van der Waals surface area contributed by atoms with E-state index in [9.17, 15) is 14.9 Å². The largest absolute Gasteiger partial charge is 0.352 e. The van der Waals surface area contributed by atoms with Gasteiger partial charge in [0, 0.05) is 23.2 Å². The van der Waals surface area contributed by atoms with Crippen molar-refractivity contribution in [2.24, 2.45) is 5.92 Å². The van der Waals surface area contributed by atoms with Crippen LogP contribution in [0, 0.1) is 16.0 Å². The number of hydrogen-bond acceptors (Lipinski definition) is 4. The molecule has 6 nitrogen and oxygen atoms in total. The number of nitrogens with one attached hydrogen (secondary N) is 2. The number of non-ortho nitro benzene ring substituents is 1. The average Bonchev–Trinajstić information content (AvgIpc) is 2.36. The molecule has 1 rings (SSSR count). The first-order valence-electron chi connectivity index (χ1n) is 5.82. The first-order chi connectivity index (χ1) is 8.95. The van der Waals surface area contributed by atoms with Crippen LogP contribution in [-0.4, -0.2) is 31.0 Å². The van der Waals surface area contributed by atoms with Gasteiger partial charge >= 0.3 is 0 Å². The molecule has 1 aromatic carbocycles. The Balaban J connectivity index is 2.76. The summed E-state index contributed by atoms with van der Waals surface area (Å²) in [5.41, 5.74) is 0.169. The van der Waals surface area contributed by atoms with Crippen molar-refractivity contribution in [3.63, 3.8) is 0 Å². The number of nitro benzene ring substituents is 1. The molecule has 0 saturated carbocycles. The van der Waals surface area contributed by atoms with Crippen LogP contribution in [0.1, 0.15) is 17.3 Å². The number of carbonyl (C=O) groups excluding carboxylic acids is 1. The molecule has 2 N–H and O–H groups in total.